The lowest BCUT2D eigenvalue weighted by Gasteiger charge is -2.22. The molecule has 0 nitrogen and oxygen atoms in total. The first-order valence-electron chi connectivity index (χ1n) is 10.4. The Balaban J connectivity index is 1.63. The molecule has 1 heterocycles. The summed E-state index contributed by atoms with van der Waals surface area (Å²) < 4.78 is 0. The summed E-state index contributed by atoms with van der Waals surface area (Å²) in [6, 6.07) is 18.7. The van der Waals surface area contributed by atoms with Crippen LogP contribution in [0.3, 0.4) is 0 Å². The van der Waals surface area contributed by atoms with Crippen LogP contribution in [0.15, 0.2) is 48.5 Å². The zero-order valence-corrected chi connectivity index (χ0v) is 17.9. The molecule has 1 aliphatic carbocycles. The van der Waals surface area contributed by atoms with Crippen LogP contribution < -0.4 is 0 Å². The van der Waals surface area contributed by atoms with E-state index in [0.717, 1.165) is 0 Å². The molecule has 0 N–H and O–H groups in total. The van der Waals surface area contributed by atoms with Crippen LogP contribution in [0.4, 0.5) is 0 Å². The molecule has 0 amide bonds. The first-order chi connectivity index (χ1) is 13.0. The molecule has 0 spiro atoms. The minimum absolute atomic E-state index is 0.0763. The van der Waals surface area contributed by atoms with Crippen molar-refractivity contribution in [1.82, 2.24) is 0 Å². The van der Waals surface area contributed by atoms with Crippen molar-refractivity contribution < 1.29 is 0 Å². The average molecular weight is 375 g/mol. The average Bonchev–Trinajstić information content (AvgIpc) is 3.21. The van der Waals surface area contributed by atoms with E-state index in [1.165, 1.54) is 75.2 Å². The quantitative estimate of drug-likeness (QED) is 0.382. The molecule has 0 bridgehead atoms. The van der Waals surface area contributed by atoms with Crippen molar-refractivity contribution in [2.75, 3.05) is 0 Å². The maximum atomic E-state index is 2.44. The van der Waals surface area contributed by atoms with Crippen LogP contribution in [0.25, 0.3) is 21.6 Å². The summed E-state index contributed by atoms with van der Waals surface area (Å²) in [6.07, 6.45) is 6.57. The molecule has 0 fully saturated rings. The maximum Gasteiger partial charge on any atom is 0.0345 e. The van der Waals surface area contributed by atoms with E-state index in [1.807, 2.05) is 11.3 Å². The van der Waals surface area contributed by atoms with Crippen molar-refractivity contribution in [2.45, 2.75) is 65.2 Å². The number of fused-ring (bicyclic) bond motifs is 3. The van der Waals surface area contributed by atoms with Gasteiger partial charge in [0.1, 0.15) is 0 Å². The van der Waals surface area contributed by atoms with Crippen LogP contribution in [0.1, 0.15) is 68.0 Å². The Morgan fingerprint density at radius 1 is 0.815 bits per heavy atom. The molecule has 0 radical (unpaired) electrons. The molecule has 4 rings (SSSR count). The number of thiophene rings is 1. The molecular formula is C26H30S. The summed E-state index contributed by atoms with van der Waals surface area (Å²) in [7, 11) is 0. The largest absolute Gasteiger partial charge is 0.140 e. The summed E-state index contributed by atoms with van der Waals surface area (Å²) >= 11 is 1.98. The third-order valence-electron chi connectivity index (χ3n) is 6.05. The maximum absolute atomic E-state index is 2.44. The Kier molecular flexibility index (Phi) is 4.99. The molecule has 0 unspecified atom stereocenters. The lowest BCUT2D eigenvalue weighted by atomic mass is 9.81. The number of aryl methyl sites for hydroxylation is 2. The Hall–Kier alpha value is -1.86. The van der Waals surface area contributed by atoms with E-state index in [1.54, 1.807) is 0 Å². The van der Waals surface area contributed by atoms with Crippen molar-refractivity contribution >= 4 is 11.3 Å². The summed E-state index contributed by atoms with van der Waals surface area (Å²) in [5, 5.41) is 0. The fourth-order valence-corrected chi connectivity index (χ4v) is 5.44. The molecule has 140 valence electrons. The van der Waals surface area contributed by atoms with Gasteiger partial charge in [0.05, 0.1) is 0 Å². The van der Waals surface area contributed by atoms with Crippen LogP contribution in [-0.4, -0.2) is 0 Å². The molecule has 1 aliphatic rings. The second kappa shape index (κ2) is 7.28. The number of hydrogen-bond acceptors (Lipinski definition) is 1. The van der Waals surface area contributed by atoms with Crippen molar-refractivity contribution in [3.8, 4) is 21.6 Å². The Morgan fingerprint density at radius 3 is 2.33 bits per heavy atom. The number of benzene rings is 2. The van der Waals surface area contributed by atoms with Gasteiger partial charge in [-0.3, -0.25) is 0 Å². The highest BCUT2D eigenvalue weighted by atomic mass is 32.1. The van der Waals surface area contributed by atoms with Crippen LogP contribution >= 0.6 is 11.3 Å². The van der Waals surface area contributed by atoms with Gasteiger partial charge in [-0.2, -0.15) is 0 Å². The molecule has 27 heavy (non-hydrogen) atoms. The number of hydrogen-bond donors (Lipinski definition) is 0. The fraction of sp³-hybridized carbons (Fsp3) is 0.385. The Labute approximate surface area is 168 Å². The van der Waals surface area contributed by atoms with Crippen LogP contribution in [-0.2, 0) is 11.8 Å². The molecule has 1 heteroatoms. The molecule has 0 aliphatic heterocycles. The number of unbranched alkanes of at least 4 members (excludes halogenated alkanes) is 3. The van der Waals surface area contributed by atoms with Crippen molar-refractivity contribution in [3.05, 3.63) is 70.1 Å². The highest BCUT2D eigenvalue weighted by Gasteiger charge is 2.35. The molecule has 0 atom stereocenters. The fourth-order valence-electron chi connectivity index (χ4n) is 4.40. The van der Waals surface area contributed by atoms with Gasteiger partial charge in [-0.25, -0.2) is 0 Å². The molecule has 3 aromatic rings. The van der Waals surface area contributed by atoms with Gasteiger partial charge in [0.15, 0.2) is 0 Å². The Morgan fingerprint density at radius 2 is 1.56 bits per heavy atom. The van der Waals surface area contributed by atoms with E-state index >= 15 is 0 Å². The number of rotatable bonds is 6. The van der Waals surface area contributed by atoms with Crippen molar-refractivity contribution in [3.63, 3.8) is 0 Å². The minimum atomic E-state index is 0.0763. The van der Waals surface area contributed by atoms with E-state index in [9.17, 15) is 0 Å². The second-order valence-corrected chi connectivity index (χ2v) is 9.68. The molecule has 1 aromatic heterocycles. The van der Waals surface area contributed by atoms with Gasteiger partial charge in [0.2, 0.25) is 0 Å². The van der Waals surface area contributed by atoms with Gasteiger partial charge in [-0.05, 0) is 65.8 Å². The van der Waals surface area contributed by atoms with Gasteiger partial charge >= 0.3 is 0 Å². The lowest BCUT2D eigenvalue weighted by molar-refractivity contribution is 0.660. The summed E-state index contributed by atoms with van der Waals surface area (Å²) in [4.78, 5) is 2.94. The first kappa shape index (κ1) is 18.5. The first-order valence-corrected chi connectivity index (χ1v) is 11.2. The minimum Gasteiger partial charge on any atom is -0.140 e. The van der Waals surface area contributed by atoms with Crippen molar-refractivity contribution in [1.29, 1.82) is 0 Å². The summed E-state index contributed by atoms with van der Waals surface area (Å²) in [5.41, 5.74) is 8.56. The standard InChI is InChI=1S/C26H30S/c1-5-6-7-8-9-20-12-15-25(27-20)19-11-14-22-21-13-10-18(2)16-23(21)26(3,4)24(22)17-19/h10-17H,5-9H2,1-4H3. The van der Waals surface area contributed by atoms with E-state index < -0.39 is 0 Å². The third kappa shape index (κ3) is 3.38. The normalized spacial score (nSPS) is 14.2. The molecular weight excluding hydrogens is 344 g/mol. The summed E-state index contributed by atoms with van der Waals surface area (Å²) in [6.45, 7) is 9.21. The lowest BCUT2D eigenvalue weighted by Crippen LogP contribution is -2.15. The zero-order chi connectivity index (χ0) is 19.0. The predicted octanol–water partition coefficient (Wildman–Crippen LogP) is 8.15. The van der Waals surface area contributed by atoms with Gasteiger partial charge < -0.3 is 0 Å². The van der Waals surface area contributed by atoms with E-state index in [4.69, 9.17) is 0 Å². The predicted molar refractivity (Wildman–Crippen MR) is 120 cm³/mol. The zero-order valence-electron chi connectivity index (χ0n) is 17.1. The third-order valence-corrected chi connectivity index (χ3v) is 7.25. The molecule has 0 saturated carbocycles. The highest BCUT2D eigenvalue weighted by Crippen LogP contribution is 2.50. The van der Waals surface area contributed by atoms with Crippen LogP contribution in [0.5, 0.6) is 0 Å². The van der Waals surface area contributed by atoms with Crippen LogP contribution in [0, 0.1) is 6.92 Å². The van der Waals surface area contributed by atoms with E-state index in [-0.39, 0.29) is 5.41 Å². The smallest absolute Gasteiger partial charge is 0.0345 e. The topological polar surface area (TPSA) is 0 Å². The SMILES string of the molecule is CCCCCCc1ccc(-c2ccc3c(c2)C(C)(C)c2cc(C)ccc2-3)s1. The summed E-state index contributed by atoms with van der Waals surface area (Å²) in [5.74, 6) is 0. The van der Waals surface area contributed by atoms with Gasteiger partial charge in [0, 0.05) is 15.2 Å². The Bertz CT molecular complexity index is 958. The van der Waals surface area contributed by atoms with E-state index in [2.05, 4.69) is 76.2 Å². The highest BCUT2D eigenvalue weighted by molar-refractivity contribution is 7.15. The van der Waals surface area contributed by atoms with Crippen molar-refractivity contribution in [2.24, 2.45) is 0 Å². The van der Waals surface area contributed by atoms with Crippen LogP contribution in [0.2, 0.25) is 0 Å². The van der Waals surface area contributed by atoms with Gasteiger partial charge in [0.25, 0.3) is 0 Å². The van der Waals surface area contributed by atoms with Gasteiger partial charge in [-0.1, -0.05) is 75.9 Å². The molecule has 0 saturated heterocycles. The molecule has 2 aromatic carbocycles. The van der Waals surface area contributed by atoms with E-state index in [0.29, 0.717) is 0 Å². The monoisotopic (exact) mass is 374 g/mol. The second-order valence-electron chi connectivity index (χ2n) is 8.51. The van der Waals surface area contributed by atoms with Gasteiger partial charge in [-0.15, -0.1) is 11.3 Å².